The van der Waals surface area contributed by atoms with Gasteiger partial charge in [0, 0.05) is 40.8 Å². The Kier molecular flexibility index (Phi) is 5.05. The van der Waals surface area contributed by atoms with E-state index < -0.39 is 4.92 Å². The molecule has 0 heterocycles. The summed E-state index contributed by atoms with van der Waals surface area (Å²) < 4.78 is 0.925. The number of anilines is 1. The number of nitro benzene ring substituents is 1. The van der Waals surface area contributed by atoms with Gasteiger partial charge in [0.15, 0.2) is 5.78 Å². The number of carbonyl (C=O) groups excluding carboxylic acids is 1. The van der Waals surface area contributed by atoms with E-state index in [4.69, 9.17) is 0 Å². The molecule has 0 aliphatic heterocycles. The van der Waals surface area contributed by atoms with Gasteiger partial charge in [0.25, 0.3) is 5.69 Å². The first kappa shape index (κ1) is 15.2. The van der Waals surface area contributed by atoms with Crippen molar-refractivity contribution in [3.05, 3.63) is 68.7 Å². The molecule has 0 aliphatic rings. The van der Waals surface area contributed by atoms with Crippen molar-refractivity contribution in [3.8, 4) is 0 Å². The van der Waals surface area contributed by atoms with Crippen LogP contribution in [0.1, 0.15) is 16.8 Å². The van der Waals surface area contributed by atoms with Crippen LogP contribution in [0.2, 0.25) is 0 Å². The van der Waals surface area contributed by atoms with E-state index in [1.165, 1.54) is 12.1 Å². The van der Waals surface area contributed by atoms with Crippen molar-refractivity contribution in [2.75, 3.05) is 11.9 Å². The molecule has 0 radical (unpaired) electrons. The molecular weight excluding hydrogens is 336 g/mol. The first-order chi connectivity index (χ1) is 10.1. The van der Waals surface area contributed by atoms with E-state index in [0.29, 0.717) is 24.2 Å². The highest BCUT2D eigenvalue weighted by molar-refractivity contribution is 9.10. The van der Waals surface area contributed by atoms with E-state index in [9.17, 15) is 14.9 Å². The van der Waals surface area contributed by atoms with Crippen LogP contribution >= 0.6 is 15.9 Å². The molecule has 2 aromatic rings. The van der Waals surface area contributed by atoms with E-state index in [-0.39, 0.29) is 11.5 Å². The monoisotopic (exact) mass is 348 g/mol. The third-order valence-corrected chi connectivity index (χ3v) is 3.43. The number of hydrogen-bond donors (Lipinski definition) is 1. The van der Waals surface area contributed by atoms with Crippen LogP contribution in [0.5, 0.6) is 0 Å². The molecule has 0 aliphatic carbocycles. The molecule has 21 heavy (non-hydrogen) atoms. The molecule has 2 aromatic carbocycles. The lowest BCUT2D eigenvalue weighted by atomic mass is 10.1. The summed E-state index contributed by atoms with van der Waals surface area (Å²) in [6.45, 7) is 0.427. The minimum absolute atomic E-state index is 0.0271. The maximum absolute atomic E-state index is 12.0. The summed E-state index contributed by atoms with van der Waals surface area (Å²) in [4.78, 5) is 22.2. The molecule has 0 spiro atoms. The van der Waals surface area contributed by atoms with Crippen molar-refractivity contribution in [1.29, 1.82) is 0 Å². The molecule has 0 aromatic heterocycles. The molecule has 0 saturated carbocycles. The standard InChI is InChI=1S/C15H13BrN2O3/c16-12-6-4-11(5-7-12)15(19)8-9-17-13-2-1-3-14(10-13)18(20)21/h1-7,10,17H,8-9H2. The van der Waals surface area contributed by atoms with Crippen LogP contribution in [0.15, 0.2) is 53.0 Å². The van der Waals surface area contributed by atoms with Crippen molar-refractivity contribution in [2.45, 2.75) is 6.42 Å². The van der Waals surface area contributed by atoms with Crippen LogP contribution in [0.4, 0.5) is 11.4 Å². The predicted molar refractivity (Wildman–Crippen MR) is 84.7 cm³/mol. The highest BCUT2D eigenvalue weighted by atomic mass is 79.9. The Labute approximate surface area is 130 Å². The van der Waals surface area contributed by atoms with Gasteiger partial charge in [0.1, 0.15) is 0 Å². The van der Waals surface area contributed by atoms with Gasteiger partial charge in [0.2, 0.25) is 0 Å². The molecule has 0 atom stereocenters. The first-order valence-corrected chi connectivity index (χ1v) is 7.12. The van der Waals surface area contributed by atoms with Gasteiger partial charge in [-0.15, -0.1) is 0 Å². The summed E-state index contributed by atoms with van der Waals surface area (Å²) in [5, 5.41) is 13.7. The lowest BCUT2D eigenvalue weighted by Gasteiger charge is -2.06. The van der Waals surface area contributed by atoms with Crippen LogP contribution in [0.25, 0.3) is 0 Å². The molecule has 1 N–H and O–H groups in total. The lowest BCUT2D eigenvalue weighted by Crippen LogP contribution is -2.09. The van der Waals surface area contributed by atoms with E-state index in [1.807, 2.05) is 12.1 Å². The summed E-state index contributed by atoms with van der Waals surface area (Å²) in [6, 6.07) is 13.4. The average molecular weight is 349 g/mol. The van der Waals surface area contributed by atoms with Crippen LogP contribution in [-0.4, -0.2) is 17.3 Å². The largest absolute Gasteiger partial charge is 0.384 e. The van der Waals surface area contributed by atoms with E-state index in [0.717, 1.165) is 4.47 Å². The molecule has 0 bridgehead atoms. The van der Waals surface area contributed by atoms with Crippen LogP contribution in [0, 0.1) is 10.1 Å². The van der Waals surface area contributed by atoms with Gasteiger partial charge >= 0.3 is 0 Å². The molecule has 0 amide bonds. The zero-order valence-corrected chi connectivity index (χ0v) is 12.7. The Balaban J connectivity index is 1.89. The number of Topliss-reactive ketones (excluding diaryl/α,β-unsaturated/α-hetero) is 1. The van der Waals surface area contributed by atoms with Crippen LogP contribution in [0.3, 0.4) is 0 Å². The van der Waals surface area contributed by atoms with Gasteiger partial charge in [-0.25, -0.2) is 0 Å². The van der Waals surface area contributed by atoms with Gasteiger partial charge in [-0.2, -0.15) is 0 Å². The number of ketones is 1. The van der Waals surface area contributed by atoms with Crippen LogP contribution in [-0.2, 0) is 0 Å². The number of nitrogens with zero attached hydrogens (tertiary/aromatic N) is 1. The number of carbonyl (C=O) groups is 1. The number of nitro groups is 1. The van der Waals surface area contributed by atoms with E-state index in [2.05, 4.69) is 21.2 Å². The zero-order chi connectivity index (χ0) is 15.2. The molecule has 108 valence electrons. The van der Waals surface area contributed by atoms with Crippen molar-refractivity contribution in [2.24, 2.45) is 0 Å². The Hall–Kier alpha value is -2.21. The average Bonchev–Trinajstić information content (AvgIpc) is 2.48. The number of non-ortho nitro benzene ring substituents is 1. The molecule has 5 nitrogen and oxygen atoms in total. The maximum atomic E-state index is 12.0. The highest BCUT2D eigenvalue weighted by Crippen LogP contribution is 2.17. The molecule has 0 saturated heterocycles. The summed E-state index contributed by atoms with van der Waals surface area (Å²) >= 11 is 3.32. The molecular formula is C15H13BrN2O3. The number of hydrogen-bond acceptors (Lipinski definition) is 4. The Morgan fingerprint density at radius 3 is 2.57 bits per heavy atom. The number of rotatable bonds is 6. The Morgan fingerprint density at radius 1 is 1.19 bits per heavy atom. The van der Waals surface area contributed by atoms with Crippen molar-refractivity contribution in [1.82, 2.24) is 0 Å². The summed E-state index contributed by atoms with van der Waals surface area (Å²) in [5.74, 6) is 0.0282. The molecule has 0 fully saturated rings. The van der Waals surface area contributed by atoms with Gasteiger partial charge in [0.05, 0.1) is 4.92 Å². The topological polar surface area (TPSA) is 72.2 Å². The fourth-order valence-corrected chi connectivity index (χ4v) is 2.09. The summed E-state index contributed by atoms with van der Waals surface area (Å²) in [5.41, 5.74) is 1.31. The normalized spacial score (nSPS) is 10.1. The predicted octanol–water partition coefficient (Wildman–Crippen LogP) is 4.04. The first-order valence-electron chi connectivity index (χ1n) is 6.33. The smallest absolute Gasteiger partial charge is 0.271 e. The fourth-order valence-electron chi connectivity index (χ4n) is 1.83. The quantitative estimate of drug-likeness (QED) is 0.485. The number of halogens is 1. The molecule has 0 unspecified atom stereocenters. The Bertz CT molecular complexity index is 656. The maximum Gasteiger partial charge on any atom is 0.271 e. The molecule has 6 heteroatoms. The van der Waals surface area contributed by atoms with Crippen molar-refractivity contribution < 1.29 is 9.72 Å². The van der Waals surface area contributed by atoms with Crippen molar-refractivity contribution in [3.63, 3.8) is 0 Å². The summed E-state index contributed by atoms with van der Waals surface area (Å²) in [7, 11) is 0. The van der Waals surface area contributed by atoms with Crippen LogP contribution < -0.4 is 5.32 Å². The fraction of sp³-hybridized carbons (Fsp3) is 0.133. The second-order valence-electron chi connectivity index (χ2n) is 4.41. The molecule has 2 rings (SSSR count). The zero-order valence-electron chi connectivity index (χ0n) is 11.1. The van der Waals surface area contributed by atoms with Gasteiger partial charge < -0.3 is 5.32 Å². The third kappa shape index (κ3) is 4.39. The number of nitrogens with one attached hydrogen (secondary N) is 1. The summed E-state index contributed by atoms with van der Waals surface area (Å²) in [6.07, 6.45) is 0.324. The van der Waals surface area contributed by atoms with Gasteiger partial charge in [-0.05, 0) is 18.2 Å². The van der Waals surface area contributed by atoms with Gasteiger partial charge in [-0.1, -0.05) is 34.1 Å². The lowest BCUT2D eigenvalue weighted by molar-refractivity contribution is -0.384. The van der Waals surface area contributed by atoms with Gasteiger partial charge in [-0.3, -0.25) is 14.9 Å². The highest BCUT2D eigenvalue weighted by Gasteiger charge is 2.07. The second-order valence-corrected chi connectivity index (χ2v) is 5.33. The number of benzene rings is 2. The third-order valence-electron chi connectivity index (χ3n) is 2.90. The SMILES string of the molecule is O=C(CCNc1cccc([N+](=O)[O-])c1)c1ccc(Br)cc1. The van der Waals surface area contributed by atoms with E-state index >= 15 is 0 Å². The minimum Gasteiger partial charge on any atom is -0.384 e. The Morgan fingerprint density at radius 2 is 1.90 bits per heavy atom. The minimum atomic E-state index is -0.446. The van der Waals surface area contributed by atoms with E-state index in [1.54, 1.807) is 24.3 Å². The second kappa shape index (κ2) is 6.99. The van der Waals surface area contributed by atoms with Crippen molar-refractivity contribution >= 4 is 33.1 Å².